The minimum absolute atomic E-state index is 0.0319. The third-order valence-electron chi connectivity index (χ3n) is 5.59. The summed E-state index contributed by atoms with van der Waals surface area (Å²) in [6.45, 7) is 1.97. The lowest BCUT2D eigenvalue weighted by atomic mass is 10.1. The van der Waals surface area contributed by atoms with Crippen LogP contribution in [0.1, 0.15) is 31.8 Å². The first-order chi connectivity index (χ1) is 18.4. The molecule has 0 fully saturated rings. The Hall–Kier alpha value is -4.49. The molecule has 4 aromatic rings. The van der Waals surface area contributed by atoms with Crippen molar-refractivity contribution < 1.29 is 18.8 Å². The molecule has 0 aliphatic carbocycles. The summed E-state index contributed by atoms with van der Waals surface area (Å²) in [4.78, 5) is 39.1. The molecule has 0 bridgehead atoms. The Labute approximate surface area is 224 Å². The van der Waals surface area contributed by atoms with Crippen LogP contribution in [0.5, 0.6) is 0 Å². The molecular weight excluding hydrogens is 499 g/mol. The topological polar surface area (TPSA) is 75.3 Å². The van der Waals surface area contributed by atoms with Gasteiger partial charge in [-0.2, -0.15) is 0 Å². The number of rotatable bonds is 9. The zero-order chi connectivity index (χ0) is 26.9. The van der Waals surface area contributed by atoms with Gasteiger partial charge >= 0.3 is 0 Å². The molecule has 0 saturated heterocycles. The minimum Gasteiger partial charge on any atom is -0.321 e. The van der Waals surface area contributed by atoms with Crippen LogP contribution in [0.25, 0.3) is 6.08 Å². The number of nitrogens with one attached hydrogen (secondary N) is 2. The highest BCUT2D eigenvalue weighted by atomic mass is 32.2. The number of anilines is 1. The predicted molar refractivity (Wildman–Crippen MR) is 150 cm³/mol. The quantitative estimate of drug-likeness (QED) is 0.149. The average Bonchev–Trinajstić information content (AvgIpc) is 2.94. The Morgan fingerprint density at radius 1 is 0.789 bits per heavy atom. The number of hydrogen-bond donors (Lipinski definition) is 2. The molecule has 0 heterocycles. The number of thioether (sulfide) groups is 1. The number of amides is 2. The van der Waals surface area contributed by atoms with Crippen LogP contribution in [0, 0.1) is 12.7 Å². The molecule has 38 heavy (non-hydrogen) atoms. The van der Waals surface area contributed by atoms with Gasteiger partial charge in [-0.05, 0) is 55.5 Å². The fourth-order valence-electron chi connectivity index (χ4n) is 3.49. The number of hydrogen-bond acceptors (Lipinski definition) is 4. The van der Waals surface area contributed by atoms with E-state index in [4.69, 9.17) is 0 Å². The van der Waals surface area contributed by atoms with Gasteiger partial charge in [-0.25, -0.2) is 4.39 Å². The number of ketones is 1. The molecule has 0 radical (unpaired) electrons. The van der Waals surface area contributed by atoms with E-state index in [1.807, 2.05) is 31.2 Å². The van der Waals surface area contributed by atoms with E-state index in [0.29, 0.717) is 16.8 Å². The third-order valence-corrected chi connectivity index (χ3v) is 6.60. The molecule has 0 unspecified atom stereocenters. The van der Waals surface area contributed by atoms with E-state index in [-0.39, 0.29) is 22.8 Å². The van der Waals surface area contributed by atoms with Gasteiger partial charge < -0.3 is 10.6 Å². The second kappa shape index (κ2) is 12.7. The fraction of sp³-hybridized carbons (Fsp3) is 0.0645. The molecule has 5 nitrogen and oxygen atoms in total. The molecule has 2 N–H and O–H groups in total. The van der Waals surface area contributed by atoms with Crippen LogP contribution >= 0.6 is 11.8 Å². The first kappa shape index (κ1) is 26.6. The zero-order valence-electron chi connectivity index (χ0n) is 20.6. The molecular formula is C31H25FN2O3S. The molecule has 0 aliphatic heterocycles. The van der Waals surface area contributed by atoms with Gasteiger partial charge in [-0.15, -0.1) is 11.8 Å². The second-order valence-corrected chi connectivity index (χ2v) is 9.50. The van der Waals surface area contributed by atoms with E-state index in [1.165, 1.54) is 30.0 Å². The van der Waals surface area contributed by atoms with E-state index >= 15 is 0 Å². The molecule has 7 heteroatoms. The van der Waals surface area contributed by atoms with Gasteiger partial charge in [0.05, 0.1) is 5.75 Å². The molecule has 0 aromatic heterocycles. The summed E-state index contributed by atoms with van der Waals surface area (Å²) in [6.07, 6.45) is 1.30. The van der Waals surface area contributed by atoms with Crippen molar-refractivity contribution in [2.75, 3.05) is 11.1 Å². The lowest BCUT2D eigenvalue weighted by molar-refractivity contribution is -0.113. The highest BCUT2D eigenvalue weighted by Gasteiger charge is 2.16. The summed E-state index contributed by atoms with van der Waals surface area (Å²) in [5.41, 5.74) is 2.66. The van der Waals surface area contributed by atoms with Gasteiger partial charge in [0.25, 0.3) is 11.8 Å². The molecule has 0 atom stereocenters. The van der Waals surface area contributed by atoms with Crippen molar-refractivity contribution in [1.82, 2.24) is 5.32 Å². The van der Waals surface area contributed by atoms with Crippen LogP contribution in [0.2, 0.25) is 0 Å². The maximum atomic E-state index is 14.3. The molecule has 0 saturated carbocycles. The maximum absolute atomic E-state index is 14.3. The number of Topliss-reactive ketones (excluding diaryl/α,β-unsaturated/α-hetero) is 1. The summed E-state index contributed by atoms with van der Waals surface area (Å²) >= 11 is 1.40. The molecule has 4 rings (SSSR count). The highest BCUT2D eigenvalue weighted by Crippen LogP contribution is 2.22. The Bertz CT molecular complexity index is 1470. The Morgan fingerprint density at radius 2 is 1.45 bits per heavy atom. The predicted octanol–water partition coefficient (Wildman–Crippen LogP) is 6.52. The van der Waals surface area contributed by atoms with E-state index < -0.39 is 17.6 Å². The van der Waals surface area contributed by atoms with Crippen molar-refractivity contribution in [3.63, 3.8) is 0 Å². The van der Waals surface area contributed by atoms with Crippen LogP contribution in [0.4, 0.5) is 10.1 Å². The Morgan fingerprint density at radius 3 is 2.13 bits per heavy atom. The first-order valence-corrected chi connectivity index (χ1v) is 12.8. The molecule has 0 aliphatic rings. The van der Waals surface area contributed by atoms with Crippen molar-refractivity contribution in [1.29, 1.82) is 0 Å². The van der Waals surface area contributed by atoms with Gasteiger partial charge in [0.2, 0.25) is 0 Å². The van der Waals surface area contributed by atoms with Crippen LogP contribution in [0.15, 0.2) is 114 Å². The normalized spacial score (nSPS) is 11.1. The van der Waals surface area contributed by atoms with Gasteiger partial charge in [-0.3, -0.25) is 14.4 Å². The van der Waals surface area contributed by atoms with Crippen molar-refractivity contribution in [2.45, 2.75) is 11.8 Å². The Balaban J connectivity index is 1.44. The largest absolute Gasteiger partial charge is 0.321 e. The van der Waals surface area contributed by atoms with Crippen LogP contribution in [-0.2, 0) is 4.79 Å². The smallest absolute Gasteiger partial charge is 0.272 e. The van der Waals surface area contributed by atoms with Gasteiger partial charge in [0.1, 0.15) is 11.5 Å². The molecule has 190 valence electrons. The third kappa shape index (κ3) is 7.27. The minimum atomic E-state index is -0.604. The zero-order valence-corrected chi connectivity index (χ0v) is 21.4. The van der Waals surface area contributed by atoms with Crippen LogP contribution in [0.3, 0.4) is 0 Å². The summed E-state index contributed by atoms with van der Waals surface area (Å²) in [5, 5.41) is 5.34. The molecule has 2 amide bonds. The molecule has 4 aromatic carbocycles. The summed E-state index contributed by atoms with van der Waals surface area (Å²) in [7, 11) is 0. The van der Waals surface area contributed by atoms with Gasteiger partial charge in [0, 0.05) is 27.3 Å². The van der Waals surface area contributed by atoms with Crippen molar-refractivity contribution in [3.8, 4) is 0 Å². The van der Waals surface area contributed by atoms with Crippen LogP contribution in [-0.4, -0.2) is 23.4 Å². The van der Waals surface area contributed by atoms with Gasteiger partial charge in [0.15, 0.2) is 5.78 Å². The van der Waals surface area contributed by atoms with Crippen molar-refractivity contribution >= 4 is 41.1 Å². The summed E-state index contributed by atoms with van der Waals surface area (Å²) in [6, 6.07) is 28.9. The van der Waals surface area contributed by atoms with Gasteiger partial charge in [-0.1, -0.05) is 66.2 Å². The lowest BCUT2D eigenvalue weighted by Crippen LogP contribution is -2.30. The number of aryl methyl sites for hydroxylation is 1. The Kier molecular flexibility index (Phi) is 8.85. The van der Waals surface area contributed by atoms with E-state index in [0.717, 1.165) is 10.5 Å². The monoisotopic (exact) mass is 524 g/mol. The summed E-state index contributed by atoms with van der Waals surface area (Å²) in [5.74, 6) is -1.30. The average molecular weight is 525 g/mol. The highest BCUT2D eigenvalue weighted by molar-refractivity contribution is 8.00. The number of benzene rings is 4. The standard InChI is InChI=1S/C31H25FN2O3S/c1-21-11-13-22(14-12-21)29(35)20-38-26-17-15-25(16-18-26)33-31(37)28(19-24-9-5-6-10-27(24)32)34-30(36)23-7-3-2-4-8-23/h2-19H,20H2,1H3,(H,33,37)(H,34,36)/b28-19-. The van der Waals surface area contributed by atoms with E-state index in [2.05, 4.69) is 10.6 Å². The van der Waals surface area contributed by atoms with Crippen LogP contribution < -0.4 is 10.6 Å². The SMILES string of the molecule is Cc1ccc(C(=O)CSc2ccc(NC(=O)/C(=C/c3ccccc3F)NC(=O)c3ccccc3)cc2)cc1. The second-order valence-electron chi connectivity index (χ2n) is 8.46. The summed E-state index contributed by atoms with van der Waals surface area (Å²) < 4.78 is 14.3. The lowest BCUT2D eigenvalue weighted by Gasteiger charge is -2.12. The number of carbonyl (C=O) groups excluding carboxylic acids is 3. The first-order valence-electron chi connectivity index (χ1n) is 11.9. The molecule has 0 spiro atoms. The van der Waals surface area contributed by atoms with Crippen molar-refractivity contribution in [3.05, 3.63) is 137 Å². The van der Waals surface area contributed by atoms with Crippen molar-refractivity contribution in [2.24, 2.45) is 0 Å². The van der Waals surface area contributed by atoms with E-state index in [9.17, 15) is 18.8 Å². The van der Waals surface area contributed by atoms with E-state index in [1.54, 1.807) is 66.7 Å². The fourth-order valence-corrected chi connectivity index (χ4v) is 4.29. The number of carbonyl (C=O) groups is 3. The maximum Gasteiger partial charge on any atom is 0.272 e. The number of halogens is 1.